The molecular weight excluding hydrogens is 295 g/mol. The number of aromatic amines is 1. The molecule has 0 radical (unpaired) electrons. The third kappa shape index (κ3) is 2.03. The molecule has 2 N–H and O–H groups in total. The molecule has 0 saturated heterocycles. The van der Waals surface area contributed by atoms with Gasteiger partial charge in [-0.3, -0.25) is 5.10 Å². The van der Waals surface area contributed by atoms with Crippen molar-refractivity contribution in [2.24, 2.45) is 11.8 Å². The number of nitrogens with one attached hydrogen (secondary N) is 1. The summed E-state index contributed by atoms with van der Waals surface area (Å²) in [6, 6.07) is 3.93. The second-order valence-corrected chi connectivity index (χ2v) is 6.45. The van der Waals surface area contributed by atoms with Crippen molar-refractivity contribution >= 4 is 34.9 Å². The standard InChI is InChI=1S/C15H17ClN2O.ClH/c16-9-5-11(12-7-17-18-13(12)6-9)15-10-3-1-2-8(10)4-14(15)19;/h5-8,10,14-15,19H,1-4H2,(H,17,18);1H. The molecular formula is C15H18Cl2N2O. The van der Waals surface area contributed by atoms with Crippen LogP contribution in [-0.2, 0) is 0 Å². The number of aliphatic hydroxyl groups excluding tert-OH is 1. The summed E-state index contributed by atoms with van der Waals surface area (Å²) >= 11 is 6.22. The first kappa shape index (κ1) is 14.2. The molecule has 0 amide bonds. The first-order chi connectivity index (χ1) is 9.24. The van der Waals surface area contributed by atoms with Crippen LogP contribution in [0.15, 0.2) is 18.3 Å². The van der Waals surface area contributed by atoms with Gasteiger partial charge in [0.25, 0.3) is 0 Å². The number of fused-ring (bicyclic) bond motifs is 2. The Labute approximate surface area is 129 Å². The molecule has 1 heterocycles. The third-order valence-electron chi connectivity index (χ3n) is 5.05. The van der Waals surface area contributed by atoms with Crippen molar-refractivity contribution in [2.75, 3.05) is 0 Å². The van der Waals surface area contributed by atoms with Crippen molar-refractivity contribution < 1.29 is 5.11 Å². The molecule has 2 fully saturated rings. The van der Waals surface area contributed by atoms with Crippen molar-refractivity contribution in [3.05, 3.63) is 28.9 Å². The Morgan fingerprint density at radius 3 is 3.00 bits per heavy atom. The number of nitrogens with zero attached hydrogens (tertiary/aromatic N) is 1. The highest BCUT2D eigenvalue weighted by molar-refractivity contribution is 6.31. The van der Waals surface area contributed by atoms with E-state index in [1.165, 1.54) is 24.8 Å². The van der Waals surface area contributed by atoms with E-state index in [2.05, 4.69) is 10.2 Å². The number of hydrogen-bond acceptors (Lipinski definition) is 2. The summed E-state index contributed by atoms with van der Waals surface area (Å²) < 4.78 is 0. The van der Waals surface area contributed by atoms with Crippen molar-refractivity contribution in [1.29, 1.82) is 0 Å². The highest BCUT2D eigenvalue weighted by Gasteiger charge is 2.45. The highest BCUT2D eigenvalue weighted by atomic mass is 35.5. The Morgan fingerprint density at radius 2 is 2.15 bits per heavy atom. The Balaban J connectivity index is 0.00000121. The number of aromatic nitrogens is 2. The fraction of sp³-hybridized carbons (Fsp3) is 0.533. The van der Waals surface area contributed by atoms with Crippen molar-refractivity contribution in [2.45, 2.75) is 37.7 Å². The Bertz CT molecular complexity index is 627. The molecule has 4 rings (SSSR count). The normalized spacial score (nSPS) is 32.3. The fourth-order valence-corrected chi connectivity index (χ4v) is 4.56. The fourth-order valence-electron chi connectivity index (χ4n) is 4.33. The highest BCUT2D eigenvalue weighted by Crippen LogP contribution is 2.53. The SMILES string of the molecule is Cl.OC1CC2CCCC2C1c1cc(Cl)cc2[nH]ncc12. The van der Waals surface area contributed by atoms with Gasteiger partial charge < -0.3 is 5.11 Å². The van der Waals surface area contributed by atoms with Crippen molar-refractivity contribution in [3.63, 3.8) is 0 Å². The van der Waals surface area contributed by atoms with Gasteiger partial charge in [-0.25, -0.2) is 0 Å². The lowest BCUT2D eigenvalue weighted by molar-refractivity contribution is 0.151. The number of hydrogen-bond donors (Lipinski definition) is 2. The number of aliphatic hydroxyl groups is 1. The summed E-state index contributed by atoms with van der Waals surface area (Å²) in [6.07, 6.45) is 6.38. The first-order valence-electron chi connectivity index (χ1n) is 7.04. The van der Waals surface area contributed by atoms with Crippen LogP contribution in [0.2, 0.25) is 5.02 Å². The van der Waals surface area contributed by atoms with E-state index in [0.717, 1.165) is 22.3 Å². The number of benzene rings is 1. The van der Waals surface area contributed by atoms with Gasteiger partial charge in [0.2, 0.25) is 0 Å². The van der Waals surface area contributed by atoms with Crippen molar-refractivity contribution in [3.8, 4) is 0 Å². The number of rotatable bonds is 1. The van der Waals surface area contributed by atoms with Gasteiger partial charge in [-0.15, -0.1) is 12.4 Å². The van der Waals surface area contributed by atoms with Crippen LogP contribution in [0.1, 0.15) is 37.2 Å². The molecule has 0 bridgehead atoms. The molecule has 0 spiro atoms. The maximum atomic E-state index is 10.5. The Kier molecular flexibility index (Phi) is 3.69. The van der Waals surface area contributed by atoms with Crippen LogP contribution in [0.5, 0.6) is 0 Å². The maximum Gasteiger partial charge on any atom is 0.0668 e. The molecule has 0 aliphatic heterocycles. The van der Waals surface area contributed by atoms with E-state index in [1.807, 2.05) is 18.3 Å². The lowest BCUT2D eigenvalue weighted by Crippen LogP contribution is -2.17. The summed E-state index contributed by atoms with van der Waals surface area (Å²) in [5.74, 6) is 1.54. The van der Waals surface area contributed by atoms with Crippen LogP contribution in [0, 0.1) is 11.8 Å². The molecule has 1 aromatic carbocycles. The van der Waals surface area contributed by atoms with Gasteiger partial charge in [-0.1, -0.05) is 24.4 Å². The van der Waals surface area contributed by atoms with Crippen LogP contribution < -0.4 is 0 Å². The van der Waals surface area contributed by atoms with Crippen LogP contribution in [-0.4, -0.2) is 21.4 Å². The third-order valence-corrected chi connectivity index (χ3v) is 5.27. The monoisotopic (exact) mass is 312 g/mol. The van der Waals surface area contributed by atoms with Gasteiger partial charge in [-0.05, 0) is 42.4 Å². The summed E-state index contributed by atoms with van der Waals surface area (Å²) in [4.78, 5) is 0. The molecule has 20 heavy (non-hydrogen) atoms. The van der Waals surface area contributed by atoms with Gasteiger partial charge in [0, 0.05) is 16.3 Å². The number of halogens is 2. The summed E-state index contributed by atoms with van der Waals surface area (Å²) in [6.45, 7) is 0. The molecule has 5 heteroatoms. The molecule has 4 atom stereocenters. The molecule has 2 saturated carbocycles. The summed E-state index contributed by atoms with van der Waals surface area (Å²) in [7, 11) is 0. The quantitative estimate of drug-likeness (QED) is 0.839. The Hall–Kier alpha value is -0.770. The van der Waals surface area contributed by atoms with Gasteiger partial charge in [-0.2, -0.15) is 5.10 Å². The zero-order valence-electron chi connectivity index (χ0n) is 11.1. The Morgan fingerprint density at radius 1 is 1.30 bits per heavy atom. The molecule has 3 nitrogen and oxygen atoms in total. The second kappa shape index (κ2) is 5.21. The minimum atomic E-state index is -0.230. The molecule has 2 aromatic rings. The van der Waals surface area contributed by atoms with Crippen molar-refractivity contribution in [1.82, 2.24) is 10.2 Å². The lowest BCUT2D eigenvalue weighted by Gasteiger charge is -2.22. The smallest absolute Gasteiger partial charge is 0.0668 e. The van der Waals surface area contributed by atoms with Gasteiger partial charge in [0.05, 0.1) is 17.8 Å². The van der Waals surface area contributed by atoms with E-state index >= 15 is 0 Å². The number of H-pyrrole nitrogens is 1. The summed E-state index contributed by atoms with van der Waals surface area (Å²) in [5, 5.41) is 19.4. The van der Waals surface area contributed by atoms with E-state index < -0.39 is 0 Å². The predicted octanol–water partition coefficient (Wildman–Crippen LogP) is 3.90. The van der Waals surface area contributed by atoms with Crippen LogP contribution in [0.3, 0.4) is 0 Å². The van der Waals surface area contributed by atoms with Crippen LogP contribution in [0.4, 0.5) is 0 Å². The molecule has 108 valence electrons. The molecule has 2 aliphatic carbocycles. The van der Waals surface area contributed by atoms with Gasteiger partial charge in [0.15, 0.2) is 0 Å². The average Bonchev–Trinajstić information content (AvgIpc) is 3.02. The second-order valence-electron chi connectivity index (χ2n) is 6.01. The zero-order valence-corrected chi connectivity index (χ0v) is 12.6. The van der Waals surface area contributed by atoms with E-state index in [0.29, 0.717) is 11.8 Å². The molecule has 4 unspecified atom stereocenters. The van der Waals surface area contributed by atoms with E-state index in [9.17, 15) is 5.11 Å². The van der Waals surface area contributed by atoms with Crippen LogP contribution >= 0.6 is 24.0 Å². The summed E-state index contributed by atoms with van der Waals surface area (Å²) in [5.41, 5.74) is 2.15. The average molecular weight is 313 g/mol. The zero-order chi connectivity index (χ0) is 13.0. The van der Waals surface area contributed by atoms with Gasteiger partial charge >= 0.3 is 0 Å². The minimum absolute atomic E-state index is 0. The van der Waals surface area contributed by atoms with E-state index in [1.54, 1.807) is 0 Å². The largest absolute Gasteiger partial charge is 0.392 e. The molecule has 1 aromatic heterocycles. The molecule has 2 aliphatic rings. The van der Waals surface area contributed by atoms with E-state index in [4.69, 9.17) is 11.6 Å². The predicted molar refractivity (Wildman–Crippen MR) is 82.5 cm³/mol. The first-order valence-corrected chi connectivity index (χ1v) is 7.42. The van der Waals surface area contributed by atoms with E-state index in [-0.39, 0.29) is 24.4 Å². The van der Waals surface area contributed by atoms with Crippen LogP contribution in [0.25, 0.3) is 10.9 Å². The van der Waals surface area contributed by atoms with Gasteiger partial charge in [0.1, 0.15) is 0 Å². The maximum absolute atomic E-state index is 10.5. The topological polar surface area (TPSA) is 48.9 Å². The lowest BCUT2D eigenvalue weighted by atomic mass is 9.84. The minimum Gasteiger partial charge on any atom is -0.392 e.